The van der Waals surface area contributed by atoms with E-state index in [2.05, 4.69) is 38.8 Å². The minimum atomic E-state index is 0.491. The molecule has 0 aliphatic heterocycles. The first-order valence-corrected chi connectivity index (χ1v) is 7.30. The molecule has 0 bridgehead atoms. The van der Waals surface area contributed by atoms with Crippen LogP contribution in [0.1, 0.15) is 31.4 Å². The first-order valence-electron chi connectivity index (χ1n) is 6.48. The molecule has 0 amide bonds. The van der Waals surface area contributed by atoms with Crippen molar-refractivity contribution in [1.82, 2.24) is 30.5 Å². The molecule has 100 valence electrons. The summed E-state index contributed by atoms with van der Waals surface area (Å²) in [7, 11) is 0. The molecule has 1 N–H and O–H groups in total. The molecule has 19 heavy (non-hydrogen) atoms. The summed E-state index contributed by atoms with van der Waals surface area (Å²) >= 11 is 1.52. The number of aromatic nitrogens is 5. The van der Waals surface area contributed by atoms with Crippen LogP contribution < -0.4 is 5.32 Å². The zero-order chi connectivity index (χ0) is 13.1. The Hall–Kier alpha value is -1.47. The Morgan fingerprint density at radius 3 is 3.00 bits per heavy atom. The molecule has 0 saturated heterocycles. The Morgan fingerprint density at radius 2 is 2.32 bits per heavy atom. The molecule has 0 atom stereocenters. The lowest BCUT2D eigenvalue weighted by Gasteiger charge is -2.04. The average Bonchev–Trinajstić information content (AvgIpc) is 3.19. The number of tetrazole rings is 1. The maximum Gasteiger partial charge on any atom is 0.215 e. The van der Waals surface area contributed by atoms with E-state index in [0.717, 1.165) is 23.3 Å². The fourth-order valence-electron chi connectivity index (χ4n) is 1.74. The van der Waals surface area contributed by atoms with Crippen LogP contribution >= 0.6 is 11.8 Å². The van der Waals surface area contributed by atoms with Gasteiger partial charge in [0.1, 0.15) is 5.03 Å². The fraction of sp³-hybridized carbons (Fsp3) is 0.500. The van der Waals surface area contributed by atoms with E-state index in [0.29, 0.717) is 6.04 Å². The summed E-state index contributed by atoms with van der Waals surface area (Å²) in [5, 5.41) is 16.9. The van der Waals surface area contributed by atoms with Gasteiger partial charge in [-0.05, 0) is 53.2 Å². The van der Waals surface area contributed by atoms with Crippen molar-refractivity contribution in [2.75, 3.05) is 6.54 Å². The largest absolute Gasteiger partial charge is 0.313 e. The quantitative estimate of drug-likeness (QED) is 0.865. The molecule has 2 heterocycles. The lowest BCUT2D eigenvalue weighted by molar-refractivity contribution is 0.565. The van der Waals surface area contributed by atoms with Gasteiger partial charge >= 0.3 is 0 Å². The zero-order valence-electron chi connectivity index (χ0n) is 10.8. The summed E-state index contributed by atoms with van der Waals surface area (Å²) in [6, 6.07) is 4.59. The second-order valence-corrected chi connectivity index (χ2v) is 5.51. The zero-order valence-corrected chi connectivity index (χ0v) is 11.6. The second kappa shape index (κ2) is 5.66. The molecule has 0 unspecified atom stereocenters. The van der Waals surface area contributed by atoms with E-state index in [4.69, 9.17) is 0 Å². The van der Waals surface area contributed by atoms with Crippen molar-refractivity contribution in [2.24, 2.45) is 0 Å². The SMILES string of the molecule is CCNCc1ccc(Sc2nnnn2C2CC2)nc1. The highest BCUT2D eigenvalue weighted by molar-refractivity contribution is 7.99. The molecule has 0 radical (unpaired) electrons. The highest BCUT2D eigenvalue weighted by Gasteiger charge is 2.28. The van der Waals surface area contributed by atoms with Crippen molar-refractivity contribution in [2.45, 2.75) is 42.5 Å². The van der Waals surface area contributed by atoms with Gasteiger partial charge in [-0.25, -0.2) is 9.67 Å². The highest BCUT2D eigenvalue weighted by atomic mass is 32.2. The van der Waals surface area contributed by atoms with Crippen LogP contribution in [0.5, 0.6) is 0 Å². The van der Waals surface area contributed by atoms with E-state index in [-0.39, 0.29) is 0 Å². The van der Waals surface area contributed by atoms with Gasteiger partial charge in [0.05, 0.1) is 6.04 Å². The molecule has 2 aromatic heterocycles. The van der Waals surface area contributed by atoms with Crippen molar-refractivity contribution < 1.29 is 0 Å². The van der Waals surface area contributed by atoms with Gasteiger partial charge in [0.2, 0.25) is 5.16 Å². The van der Waals surface area contributed by atoms with Gasteiger partial charge in [-0.2, -0.15) is 0 Å². The molecule has 0 aromatic carbocycles. The van der Waals surface area contributed by atoms with Crippen LogP contribution in [-0.2, 0) is 6.54 Å². The summed E-state index contributed by atoms with van der Waals surface area (Å²) in [6.07, 6.45) is 4.25. The van der Waals surface area contributed by atoms with Gasteiger partial charge in [-0.1, -0.05) is 13.0 Å². The average molecular weight is 276 g/mol. The first kappa shape index (κ1) is 12.6. The van der Waals surface area contributed by atoms with Crippen molar-refractivity contribution in [3.05, 3.63) is 23.9 Å². The minimum Gasteiger partial charge on any atom is -0.313 e. The van der Waals surface area contributed by atoms with Gasteiger partial charge in [-0.15, -0.1) is 5.10 Å². The molecule has 1 aliphatic rings. The number of pyridine rings is 1. The molecule has 1 aliphatic carbocycles. The Labute approximate surface area is 116 Å². The molecular weight excluding hydrogens is 260 g/mol. The molecule has 3 rings (SSSR count). The maximum absolute atomic E-state index is 4.44. The Bertz CT molecular complexity index is 533. The van der Waals surface area contributed by atoms with Crippen LogP contribution in [0.25, 0.3) is 0 Å². The first-order chi connectivity index (χ1) is 9.36. The Balaban J connectivity index is 1.67. The van der Waals surface area contributed by atoms with Crippen molar-refractivity contribution >= 4 is 11.8 Å². The molecule has 7 heteroatoms. The van der Waals surface area contributed by atoms with Crippen LogP contribution in [0.15, 0.2) is 28.5 Å². The second-order valence-electron chi connectivity index (χ2n) is 4.52. The van der Waals surface area contributed by atoms with E-state index in [9.17, 15) is 0 Å². The predicted octanol–water partition coefficient (Wildman–Crippen LogP) is 1.66. The summed E-state index contributed by atoms with van der Waals surface area (Å²) in [5.74, 6) is 0. The van der Waals surface area contributed by atoms with Crippen LogP contribution in [0.2, 0.25) is 0 Å². The third-order valence-corrected chi connectivity index (χ3v) is 3.83. The highest BCUT2D eigenvalue weighted by Crippen LogP contribution is 2.37. The standard InChI is InChI=1S/C12H16N6S/c1-2-13-7-9-3-6-11(14-8-9)19-12-15-16-17-18(12)10-4-5-10/h3,6,8,10,13H,2,4-5,7H2,1H3. The number of nitrogens with zero attached hydrogens (tertiary/aromatic N) is 5. The van der Waals surface area contributed by atoms with E-state index < -0.39 is 0 Å². The van der Waals surface area contributed by atoms with Crippen molar-refractivity contribution in [3.63, 3.8) is 0 Å². The number of nitrogens with one attached hydrogen (secondary N) is 1. The van der Waals surface area contributed by atoms with Gasteiger partial charge in [-0.3, -0.25) is 0 Å². The van der Waals surface area contributed by atoms with Crippen LogP contribution in [0.4, 0.5) is 0 Å². The topological polar surface area (TPSA) is 68.5 Å². The summed E-state index contributed by atoms with van der Waals surface area (Å²) in [5.41, 5.74) is 1.19. The number of rotatable bonds is 6. The monoisotopic (exact) mass is 276 g/mol. The van der Waals surface area contributed by atoms with E-state index in [1.54, 1.807) is 0 Å². The van der Waals surface area contributed by atoms with Gasteiger partial charge in [0, 0.05) is 12.7 Å². The van der Waals surface area contributed by atoms with E-state index in [1.165, 1.54) is 30.2 Å². The van der Waals surface area contributed by atoms with Crippen molar-refractivity contribution in [1.29, 1.82) is 0 Å². The lowest BCUT2D eigenvalue weighted by Crippen LogP contribution is -2.11. The third kappa shape index (κ3) is 3.10. The van der Waals surface area contributed by atoms with Gasteiger partial charge in [0.15, 0.2) is 0 Å². The maximum atomic E-state index is 4.44. The third-order valence-electron chi connectivity index (χ3n) is 2.93. The smallest absolute Gasteiger partial charge is 0.215 e. The molecule has 0 spiro atoms. The molecule has 2 aromatic rings. The number of hydrogen-bond acceptors (Lipinski definition) is 6. The van der Waals surface area contributed by atoms with Crippen LogP contribution in [0.3, 0.4) is 0 Å². The Morgan fingerprint density at radius 1 is 1.42 bits per heavy atom. The Kier molecular flexibility index (Phi) is 3.74. The minimum absolute atomic E-state index is 0.491. The molecule has 1 saturated carbocycles. The molecule has 6 nitrogen and oxygen atoms in total. The molecule has 1 fully saturated rings. The predicted molar refractivity (Wildman–Crippen MR) is 71.8 cm³/mol. The van der Waals surface area contributed by atoms with E-state index >= 15 is 0 Å². The molecular formula is C12H16N6S. The van der Waals surface area contributed by atoms with Gasteiger partial charge in [0.25, 0.3) is 0 Å². The number of hydrogen-bond donors (Lipinski definition) is 1. The fourth-order valence-corrected chi connectivity index (χ4v) is 2.52. The summed E-state index contributed by atoms with van der Waals surface area (Å²) in [4.78, 5) is 4.44. The van der Waals surface area contributed by atoms with E-state index in [1.807, 2.05) is 16.9 Å². The summed E-state index contributed by atoms with van der Waals surface area (Å²) in [6.45, 7) is 3.91. The van der Waals surface area contributed by atoms with Crippen molar-refractivity contribution in [3.8, 4) is 0 Å². The van der Waals surface area contributed by atoms with Gasteiger partial charge < -0.3 is 5.32 Å². The van der Waals surface area contributed by atoms with Crippen LogP contribution in [0, 0.1) is 0 Å². The summed E-state index contributed by atoms with van der Waals surface area (Å²) < 4.78 is 1.90. The normalized spacial score (nSPS) is 14.8. The lowest BCUT2D eigenvalue weighted by atomic mass is 10.3. The van der Waals surface area contributed by atoms with Crippen LogP contribution in [-0.4, -0.2) is 31.7 Å².